The van der Waals surface area contributed by atoms with Crippen LogP contribution in [-0.4, -0.2) is 24.9 Å². The van der Waals surface area contributed by atoms with Gasteiger partial charge in [-0.05, 0) is 18.9 Å². The van der Waals surface area contributed by atoms with E-state index in [0.29, 0.717) is 11.7 Å². The summed E-state index contributed by atoms with van der Waals surface area (Å²) in [5.74, 6) is 2.14. The number of benzene rings is 1. The lowest BCUT2D eigenvalue weighted by Gasteiger charge is -2.23. The minimum atomic E-state index is 0.512. The van der Waals surface area contributed by atoms with Gasteiger partial charge in [0, 0.05) is 25.2 Å². The highest BCUT2D eigenvalue weighted by molar-refractivity contribution is 6.90. The van der Waals surface area contributed by atoms with Crippen molar-refractivity contribution in [2.75, 3.05) is 0 Å². The van der Waals surface area contributed by atoms with Crippen LogP contribution in [0.2, 0.25) is 5.82 Å². The second-order valence-corrected chi connectivity index (χ2v) is 5.80. The number of fused-ring (bicyclic) bond motifs is 1. The first-order valence-electron chi connectivity index (χ1n) is 7.63. The third kappa shape index (κ3) is 3.05. The van der Waals surface area contributed by atoms with Gasteiger partial charge in [0.1, 0.15) is 5.82 Å². The maximum atomic E-state index is 5.68. The predicted molar refractivity (Wildman–Crippen MR) is 85.2 cm³/mol. The molecule has 3 radical (unpaired) electrons. The molecular formula is C16H19B2N2. The number of rotatable bonds is 2. The fourth-order valence-electron chi connectivity index (χ4n) is 3.18. The van der Waals surface area contributed by atoms with Crippen molar-refractivity contribution in [3.8, 4) is 0 Å². The first-order valence-corrected chi connectivity index (χ1v) is 7.63. The topological polar surface area (TPSA) is 25.8 Å². The summed E-state index contributed by atoms with van der Waals surface area (Å²) in [6.07, 6.45) is 9.19. The number of hydrogen-bond acceptors (Lipinski definition) is 2. The summed E-state index contributed by atoms with van der Waals surface area (Å²) >= 11 is 0. The minimum absolute atomic E-state index is 0.512. The van der Waals surface area contributed by atoms with Crippen LogP contribution in [0.5, 0.6) is 0 Å². The van der Waals surface area contributed by atoms with Crippen LogP contribution >= 0.6 is 0 Å². The molecule has 0 aliphatic heterocycles. The summed E-state index contributed by atoms with van der Waals surface area (Å²) < 4.78 is 0. The highest BCUT2D eigenvalue weighted by Gasteiger charge is 2.19. The SMILES string of the molecule is [B][B]C1CCCC(c2ncc3ccccc3n2)CCC1. The van der Waals surface area contributed by atoms with Crippen LogP contribution in [0, 0.1) is 0 Å². The van der Waals surface area contributed by atoms with E-state index in [4.69, 9.17) is 12.7 Å². The lowest BCUT2D eigenvalue weighted by molar-refractivity contribution is 0.443. The first kappa shape index (κ1) is 13.7. The van der Waals surface area contributed by atoms with Crippen LogP contribution in [0.1, 0.15) is 50.3 Å². The van der Waals surface area contributed by atoms with Gasteiger partial charge in [0.2, 0.25) is 0 Å². The molecule has 1 aromatic carbocycles. The van der Waals surface area contributed by atoms with Crippen LogP contribution in [0.25, 0.3) is 10.9 Å². The Hall–Kier alpha value is -1.31. The molecule has 1 aliphatic carbocycles. The van der Waals surface area contributed by atoms with Crippen LogP contribution in [0.15, 0.2) is 30.5 Å². The van der Waals surface area contributed by atoms with Crippen molar-refractivity contribution in [3.05, 3.63) is 36.3 Å². The Morgan fingerprint density at radius 1 is 1.05 bits per heavy atom. The Kier molecular flexibility index (Phi) is 4.39. The van der Waals surface area contributed by atoms with Gasteiger partial charge in [-0.25, -0.2) is 9.97 Å². The van der Waals surface area contributed by atoms with Crippen molar-refractivity contribution in [2.45, 2.75) is 50.3 Å². The molecule has 1 aromatic heterocycles. The van der Waals surface area contributed by atoms with Gasteiger partial charge in [0.15, 0.2) is 0 Å². The molecule has 20 heavy (non-hydrogen) atoms. The zero-order valence-electron chi connectivity index (χ0n) is 11.8. The summed E-state index contributed by atoms with van der Waals surface area (Å²) in [6.45, 7) is 0. The number of aromatic nitrogens is 2. The lowest BCUT2D eigenvalue weighted by atomic mass is 9.45. The minimum Gasteiger partial charge on any atom is -0.240 e. The molecule has 1 heterocycles. The van der Waals surface area contributed by atoms with Crippen molar-refractivity contribution in [3.63, 3.8) is 0 Å². The van der Waals surface area contributed by atoms with E-state index in [9.17, 15) is 0 Å². The third-order valence-electron chi connectivity index (χ3n) is 4.40. The molecule has 2 aromatic rings. The van der Waals surface area contributed by atoms with E-state index in [-0.39, 0.29) is 0 Å². The fourth-order valence-corrected chi connectivity index (χ4v) is 3.18. The Morgan fingerprint density at radius 2 is 1.80 bits per heavy atom. The maximum Gasteiger partial charge on any atom is 0.132 e. The lowest BCUT2D eigenvalue weighted by Crippen LogP contribution is -2.11. The maximum absolute atomic E-state index is 5.68. The Balaban J connectivity index is 1.76. The van der Waals surface area contributed by atoms with Gasteiger partial charge in [-0.15, -0.1) is 0 Å². The van der Waals surface area contributed by atoms with Gasteiger partial charge in [0.05, 0.1) is 12.7 Å². The predicted octanol–water partition coefficient (Wildman–Crippen LogP) is 3.64. The quantitative estimate of drug-likeness (QED) is 0.771. The van der Waals surface area contributed by atoms with Gasteiger partial charge in [-0.1, -0.05) is 49.7 Å². The molecule has 1 fully saturated rings. The third-order valence-corrected chi connectivity index (χ3v) is 4.40. The van der Waals surface area contributed by atoms with E-state index in [1.165, 1.54) is 38.5 Å². The second-order valence-electron chi connectivity index (χ2n) is 5.80. The number of hydrogen-bond donors (Lipinski definition) is 0. The standard InChI is InChI=1S/C16H19B2N2/c17-18-14-8-3-6-12(7-4-9-14)16-19-11-13-5-1-2-10-15(13)20-16/h1-2,5,10-12,14H,3-4,6-9H2. The average Bonchev–Trinajstić information content (AvgIpc) is 2.47. The number of nitrogens with zero attached hydrogens (tertiary/aromatic N) is 2. The van der Waals surface area contributed by atoms with Crippen molar-refractivity contribution in [2.24, 2.45) is 0 Å². The van der Waals surface area contributed by atoms with Crippen LogP contribution < -0.4 is 0 Å². The van der Waals surface area contributed by atoms with E-state index in [0.717, 1.165) is 16.7 Å². The molecule has 0 atom stereocenters. The summed E-state index contributed by atoms with van der Waals surface area (Å²) in [5.41, 5.74) is 1.06. The van der Waals surface area contributed by atoms with E-state index in [2.05, 4.69) is 17.1 Å². The molecule has 99 valence electrons. The van der Waals surface area contributed by atoms with E-state index < -0.39 is 0 Å². The van der Waals surface area contributed by atoms with Crippen molar-refractivity contribution < 1.29 is 0 Å². The number of para-hydroxylation sites is 1. The normalized spacial score (nSPS) is 24.0. The highest BCUT2D eigenvalue weighted by Crippen LogP contribution is 2.33. The Labute approximate surface area is 123 Å². The molecule has 3 rings (SSSR count). The molecule has 0 bridgehead atoms. The van der Waals surface area contributed by atoms with Crippen LogP contribution in [0.4, 0.5) is 0 Å². The summed E-state index contributed by atoms with van der Waals surface area (Å²) in [6, 6.07) is 8.21. The summed E-state index contributed by atoms with van der Waals surface area (Å²) in [5, 5.41) is 1.12. The van der Waals surface area contributed by atoms with Crippen LogP contribution in [0.3, 0.4) is 0 Å². The van der Waals surface area contributed by atoms with E-state index >= 15 is 0 Å². The van der Waals surface area contributed by atoms with Gasteiger partial charge in [-0.3, -0.25) is 0 Å². The van der Waals surface area contributed by atoms with E-state index in [1.807, 2.05) is 25.5 Å². The molecule has 1 aliphatic rings. The molecule has 2 nitrogen and oxygen atoms in total. The van der Waals surface area contributed by atoms with Gasteiger partial charge >= 0.3 is 0 Å². The van der Waals surface area contributed by atoms with E-state index in [1.54, 1.807) is 0 Å². The first-order chi connectivity index (χ1) is 9.86. The zero-order valence-corrected chi connectivity index (χ0v) is 11.8. The molecule has 1 saturated carbocycles. The van der Waals surface area contributed by atoms with Crippen LogP contribution in [-0.2, 0) is 0 Å². The Morgan fingerprint density at radius 3 is 2.55 bits per heavy atom. The molecular weight excluding hydrogens is 242 g/mol. The average molecular weight is 261 g/mol. The smallest absolute Gasteiger partial charge is 0.132 e. The van der Waals surface area contributed by atoms with Gasteiger partial charge in [-0.2, -0.15) is 0 Å². The van der Waals surface area contributed by atoms with Crippen molar-refractivity contribution in [1.82, 2.24) is 9.97 Å². The molecule has 0 amide bonds. The van der Waals surface area contributed by atoms with Crippen molar-refractivity contribution in [1.29, 1.82) is 0 Å². The monoisotopic (exact) mass is 261 g/mol. The molecule has 0 spiro atoms. The Bertz CT molecular complexity index is 563. The highest BCUT2D eigenvalue weighted by atomic mass is 14.9. The molecule has 0 unspecified atom stereocenters. The second kappa shape index (κ2) is 6.43. The largest absolute Gasteiger partial charge is 0.240 e. The fraction of sp³-hybridized carbons (Fsp3) is 0.500. The molecule has 4 heteroatoms. The van der Waals surface area contributed by atoms with Gasteiger partial charge in [0.25, 0.3) is 0 Å². The molecule has 0 N–H and O–H groups in total. The zero-order chi connectivity index (χ0) is 13.8. The van der Waals surface area contributed by atoms with Crippen molar-refractivity contribution >= 4 is 25.8 Å². The molecule has 0 saturated heterocycles. The summed E-state index contributed by atoms with van der Waals surface area (Å²) in [4.78, 5) is 9.37. The van der Waals surface area contributed by atoms with Gasteiger partial charge < -0.3 is 0 Å². The summed E-state index contributed by atoms with van der Waals surface area (Å²) in [7, 11) is 7.56.